The summed E-state index contributed by atoms with van der Waals surface area (Å²) in [5.41, 5.74) is -0.149. The summed E-state index contributed by atoms with van der Waals surface area (Å²) in [6.45, 7) is 0. The van der Waals surface area contributed by atoms with Crippen molar-refractivity contribution >= 4 is 33.5 Å². The Morgan fingerprint density at radius 3 is 3.00 bits per heavy atom. The van der Waals surface area contributed by atoms with E-state index < -0.39 is 4.92 Å². The number of allylic oxidation sites excluding steroid dienone is 1. The molecule has 0 atom stereocenters. The normalized spacial score (nSPS) is 10.6. The van der Waals surface area contributed by atoms with Gasteiger partial charge in [-0.05, 0) is 12.2 Å². The third-order valence-electron chi connectivity index (χ3n) is 1.42. The van der Waals surface area contributed by atoms with Crippen LogP contribution in [0.3, 0.4) is 0 Å². The monoisotopic (exact) mass is 259 g/mol. The first kappa shape index (κ1) is 10.6. The Morgan fingerprint density at radius 2 is 2.43 bits per heavy atom. The number of hydrogen-bond acceptors (Lipinski definition) is 4. The van der Waals surface area contributed by atoms with Crippen LogP contribution in [0.4, 0.5) is 5.69 Å². The highest BCUT2D eigenvalue weighted by molar-refractivity contribution is 9.09. The number of ketones is 1. The molecule has 0 aliphatic rings. The number of nitro groups is 1. The van der Waals surface area contributed by atoms with Gasteiger partial charge in [-0.2, -0.15) is 0 Å². The van der Waals surface area contributed by atoms with E-state index in [1.54, 1.807) is 0 Å². The van der Waals surface area contributed by atoms with Crippen molar-refractivity contribution < 1.29 is 14.1 Å². The molecule has 1 aromatic rings. The molecule has 0 saturated heterocycles. The van der Waals surface area contributed by atoms with E-state index >= 15 is 0 Å². The zero-order chi connectivity index (χ0) is 10.6. The first-order valence-electron chi connectivity index (χ1n) is 3.64. The van der Waals surface area contributed by atoms with Crippen molar-refractivity contribution in [3.05, 3.63) is 34.3 Å². The highest BCUT2D eigenvalue weighted by Gasteiger charge is 2.14. The lowest BCUT2D eigenvalue weighted by Crippen LogP contribution is -1.92. The minimum Gasteiger partial charge on any atom is -0.457 e. The fourth-order valence-corrected chi connectivity index (χ4v) is 0.990. The molecule has 0 aromatic carbocycles. The van der Waals surface area contributed by atoms with Gasteiger partial charge in [0.15, 0.2) is 5.78 Å². The third kappa shape index (κ3) is 2.53. The lowest BCUT2D eigenvalue weighted by Gasteiger charge is -1.87. The minimum absolute atomic E-state index is 0.0734. The summed E-state index contributed by atoms with van der Waals surface area (Å²) in [6.07, 6.45) is 3.71. The molecule has 0 aliphatic carbocycles. The topological polar surface area (TPSA) is 73.3 Å². The lowest BCUT2D eigenvalue weighted by molar-refractivity contribution is -0.385. The molecular weight excluding hydrogens is 254 g/mol. The molecule has 0 amide bonds. The van der Waals surface area contributed by atoms with Crippen LogP contribution in [0.2, 0.25) is 0 Å². The fraction of sp³-hybridized carbons (Fsp3) is 0.125. The van der Waals surface area contributed by atoms with Gasteiger partial charge in [0.25, 0.3) is 0 Å². The van der Waals surface area contributed by atoms with Gasteiger partial charge in [-0.15, -0.1) is 0 Å². The van der Waals surface area contributed by atoms with E-state index in [-0.39, 0.29) is 22.6 Å². The third-order valence-corrected chi connectivity index (χ3v) is 1.98. The second kappa shape index (κ2) is 4.71. The highest BCUT2D eigenvalue weighted by Crippen LogP contribution is 2.20. The van der Waals surface area contributed by atoms with E-state index in [1.165, 1.54) is 24.5 Å². The molecule has 14 heavy (non-hydrogen) atoms. The molecule has 74 valence electrons. The van der Waals surface area contributed by atoms with Crippen LogP contribution in [-0.4, -0.2) is 16.0 Å². The van der Waals surface area contributed by atoms with Gasteiger partial charge < -0.3 is 4.42 Å². The van der Waals surface area contributed by atoms with Crippen molar-refractivity contribution in [2.75, 3.05) is 5.33 Å². The van der Waals surface area contributed by atoms with Gasteiger partial charge in [0.05, 0.1) is 22.6 Å². The molecule has 0 bridgehead atoms. The minimum atomic E-state index is -0.568. The molecule has 1 heterocycles. The number of halogens is 1. The van der Waals surface area contributed by atoms with Crippen molar-refractivity contribution in [1.29, 1.82) is 0 Å². The number of carbonyl (C=O) groups excluding carboxylic acids is 1. The summed E-state index contributed by atoms with van der Waals surface area (Å²) in [6, 6.07) is 1.23. The Balaban J connectivity index is 2.86. The van der Waals surface area contributed by atoms with E-state index in [2.05, 4.69) is 15.9 Å². The summed E-state index contributed by atoms with van der Waals surface area (Å²) < 4.78 is 4.82. The summed E-state index contributed by atoms with van der Waals surface area (Å²) in [5, 5.41) is 10.6. The van der Waals surface area contributed by atoms with Gasteiger partial charge in [-0.3, -0.25) is 14.9 Å². The summed E-state index contributed by atoms with van der Waals surface area (Å²) >= 11 is 2.96. The quantitative estimate of drug-likeness (QED) is 0.360. The van der Waals surface area contributed by atoms with Crippen molar-refractivity contribution in [3.63, 3.8) is 0 Å². The molecule has 1 rings (SSSR count). The van der Waals surface area contributed by atoms with Crippen molar-refractivity contribution in [1.82, 2.24) is 0 Å². The molecular formula is C8H6BrNO4. The van der Waals surface area contributed by atoms with Gasteiger partial charge >= 0.3 is 5.69 Å². The number of alkyl halides is 1. The number of nitrogens with zero attached hydrogens (tertiary/aromatic N) is 1. The molecule has 6 heteroatoms. The van der Waals surface area contributed by atoms with Gasteiger partial charge in [0.2, 0.25) is 5.76 Å². The zero-order valence-corrected chi connectivity index (χ0v) is 8.56. The predicted octanol–water partition coefficient (Wildman–Crippen LogP) is 2.17. The van der Waals surface area contributed by atoms with Crippen LogP contribution in [0.5, 0.6) is 0 Å². The van der Waals surface area contributed by atoms with Crippen LogP contribution in [0.15, 0.2) is 22.8 Å². The number of carbonyl (C=O) groups is 1. The average Bonchev–Trinajstić information content (AvgIpc) is 2.62. The van der Waals surface area contributed by atoms with E-state index in [4.69, 9.17) is 4.42 Å². The van der Waals surface area contributed by atoms with Crippen LogP contribution >= 0.6 is 15.9 Å². The Bertz CT molecular complexity index is 382. The summed E-state index contributed by atoms with van der Waals surface area (Å²) in [5.74, 6) is -0.111. The number of hydrogen-bond donors (Lipinski definition) is 0. The smallest absolute Gasteiger partial charge is 0.314 e. The van der Waals surface area contributed by atoms with E-state index in [0.717, 1.165) is 0 Å². The van der Waals surface area contributed by atoms with Gasteiger partial charge in [-0.1, -0.05) is 15.9 Å². The second-order valence-corrected chi connectivity index (χ2v) is 2.92. The van der Waals surface area contributed by atoms with E-state index in [0.29, 0.717) is 0 Å². The highest BCUT2D eigenvalue weighted by atomic mass is 79.9. The van der Waals surface area contributed by atoms with Crippen LogP contribution in [0.25, 0.3) is 6.08 Å². The molecule has 0 radical (unpaired) electrons. The maximum Gasteiger partial charge on any atom is 0.314 e. The molecule has 5 nitrogen and oxygen atoms in total. The number of rotatable bonds is 4. The van der Waals surface area contributed by atoms with E-state index in [9.17, 15) is 14.9 Å². The van der Waals surface area contributed by atoms with E-state index in [1.807, 2.05) is 0 Å². The Labute approximate surface area is 87.7 Å². The van der Waals surface area contributed by atoms with Crippen LogP contribution in [-0.2, 0) is 4.79 Å². The SMILES string of the molecule is O=C(/C=C/c1occc1[N+](=O)[O-])CBr. The number of furan rings is 1. The fourth-order valence-electron chi connectivity index (χ4n) is 0.803. The first-order chi connectivity index (χ1) is 6.65. The molecule has 0 aliphatic heterocycles. The first-order valence-corrected chi connectivity index (χ1v) is 4.76. The molecule has 1 aromatic heterocycles. The molecule has 0 unspecified atom stereocenters. The van der Waals surface area contributed by atoms with Crippen molar-refractivity contribution in [2.45, 2.75) is 0 Å². The second-order valence-electron chi connectivity index (χ2n) is 2.36. The van der Waals surface area contributed by atoms with Crippen LogP contribution < -0.4 is 0 Å². The summed E-state index contributed by atoms with van der Waals surface area (Å²) in [4.78, 5) is 20.7. The maximum atomic E-state index is 10.8. The largest absolute Gasteiger partial charge is 0.457 e. The van der Waals surface area contributed by atoms with Gasteiger partial charge in [-0.25, -0.2) is 0 Å². The maximum absolute atomic E-state index is 10.8. The average molecular weight is 260 g/mol. The van der Waals surface area contributed by atoms with Gasteiger partial charge in [0.1, 0.15) is 0 Å². The van der Waals surface area contributed by atoms with Crippen molar-refractivity contribution in [3.8, 4) is 0 Å². The Kier molecular flexibility index (Phi) is 3.58. The zero-order valence-electron chi connectivity index (χ0n) is 6.97. The Morgan fingerprint density at radius 1 is 1.71 bits per heavy atom. The van der Waals surface area contributed by atoms with Gasteiger partial charge in [0, 0.05) is 0 Å². The van der Waals surface area contributed by atoms with Crippen molar-refractivity contribution in [2.24, 2.45) is 0 Å². The lowest BCUT2D eigenvalue weighted by atomic mass is 10.3. The standard InChI is InChI=1S/C8H6BrNO4/c9-5-6(11)1-2-8-7(10(12)13)3-4-14-8/h1-4H,5H2/b2-1+. The predicted molar refractivity (Wildman–Crippen MR) is 53.2 cm³/mol. The summed E-state index contributed by atoms with van der Waals surface area (Å²) in [7, 11) is 0. The molecule has 0 N–H and O–H groups in total. The Hall–Kier alpha value is -1.43. The van der Waals surface area contributed by atoms with Crippen LogP contribution in [0, 0.1) is 10.1 Å². The molecule has 0 fully saturated rings. The molecule has 0 spiro atoms. The molecule has 0 saturated carbocycles. The van der Waals surface area contributed by atoms with Crippen LogP contribution in [0.1, 0.15) is 5.76 Å².